The molecule has 3 atom stereocenters. The van der Waals surface area contributed by atoms with E-state index in [9.17, 15) is 26.3 Å². The van der Waals surface area contributed by atoms with Gasteiger partial charge in [-0.15, -0.1) is 0 Å². The minimum atomic E-state index is -5.08. The number of halogens is 6. The maximum Gasteiger partial charge on any atom is 0.490 e. The molecule has 0 aromatic carbocycles. The predicted octanol–water partition coefficient (Wildman–Crippen LogP) is 3.12. The average molecular weight is 490 g/mol. The van der Waals surface area contributed by atoms with Crippen molar-refractivity contribution < 1.29 is 55.6 Å². The molecule has 3 heterocycles. The van der Waals surface area contributed by atoms with Crippen LogP contribution in [0.2, 0.25) is 0 Å². The number of pyridine rings is 1. The van der Waals surface area contributed by atoms with Gasteiger partial charge in [0.2, 0.25) is 0 Å². The third kappa shape index (κ3) is 9.92. The van der Waals surface area contributed by atoms with Crippen molar-refractivity contribution >= 4 is 11.9 Å². The number of carboxylic acid groups (broad SMARTS) is 2. The molecule has 3 rings (SSSR count). The molecule has 0 saturated carbocycles. The Morgan fingerprint density at radius 1 is 1.15 bits per heavy atom. The standard InChI is InChI=1S/C15H22N2O2.2C2HF3O2/c1-2-18-14-11-17(10-12-6-3-4-8-16-12)13-7-5-9-19-15(13)14;2*3-2(4,5)1(6)7/h3-4,6,8,13-15H,2,5,7,9-11H2,1H3;2*(H,6,7)/t13-,14+,15+;;/m1../s1. The van der Waals surface area contributed by atoms with Crippen LogP contribution in [0.25, 0.3) is 0 Å². The normalized spacial score (nSPS) is 22.8. The Morgan fingerprint density at radius 3 is 2.18 bits per heavy atom. The molecule has 0 radical (unpaired) electrons. The highest BCUT2D eigenvalue weighted by atomic mass is 19.4. The first kappa shape index (κ1) is 28.6. The van der Waals surface area contributed by atoms with Crippen molar-refractivity contribution in [2.75, 3.05) is 19.8 Å². The number of hydrogen-bond acceptors (Lipinski definition) is 6. The van der Waals surface area contributed by atoms with Gasteiger partial charge in [-0.1, -0.05) is 6.07 Å². The zero-order valence-corrected chi connectivity index (χ0v) is 17.5. The number of rotatable bonds is 4. The zero-order valence-electron chi connectivity index (χ0n) is 17.5. The number of carboxylic acids is 2. The number of carbonyl (C=O) groups is 2. The van der Waals surface area contributed by atoms with Crippen LogP contribution < -0.4 is 0 Å². The summed E-state index contributed by atoms with van der Waals surface area (Å²) in [5.41, 5.74) is 1.13. The summed E-state index contributed by atoms with van der Waals surface area (Å²) in [6.45, 7) is 5.55. The number of alkyl halides is 6. The van der Waals surface area contributed by atoms with Crippen LogP contribution in [0.5, 0.6) is 0 Å². The van der Waals surface area contributed by atoms with Gasteiger partial charge in [0.05, 0.1) is 11.8 Å². The SMILES string of the molecule is CCO[C@H]1CN(Cc2ccccn2)[C@@H]2CCCO[C@H]12.O=C(O)C(F)(F)F.O=C(O)C(F)(F)F. The van der Waals surface area contributed by atoms with Gasteiger partial charge >= 0.3 is 24.3 Å². The van der Waals surface area contributed by atoms with E-state index in [1.165, 1.54) is 6.42 Å². The van der Waals surface area contributed by atoms with Crippen LogP contribution in [0.15, 0.2) is 24.4 Å². The molecule has 0 spiro atoms. The molecule has 1 aromatic heterocycles. The predicted molar refractivity (Wildman–Crippen MR) is 100 cm³/mol. The summed E-state index contributed by atoms with van der Waals surface area (Å²) in [5.74, 6) is -5.51. The van der Waals surface area contributed by atoms with E-state index in [-0.39, 0.29) is 12.2 Å². The fourth-order valence-corrected chi connectivity index (χ4v) is 3.25. The van der Waals surface area contributed by atoms with Crippen LogP contribution in [0.3, 0.4) is 0 Å². The van der Waals surface area contributed by atoms with Crippen LogP contribution in [0.1, 0.15) is 25.5 Å². The Balaban J connectivity index is 0.000000324. The first-order valence-corrected chi connectivity index (χ1v) is 9.74. The first-order valence-electron chi connectivity index (χ1n) is 9.74. The maximum atomic E-state index is 10.6. The molecule has 8 nitrogen and oxygen atoms in total. The lowest BCUT2D eigenvalue weighted by Crippen LogP contribution is -2.41. The molecule has 0 bridgehead atoms. The lowest BCUT2D eigenvalue weighted by atomic mass is 10.0. The Morgan fingerprint density at radius 2 is 1.73 bits per heavy atom. The fourth-order valence-electron chi connectivity index (χ4n) is 3.25. The number of likely N-dealkylation sites (tertiary alicyclic amines) is 1. The lowest BCUT2D eigenvalue weighted by Gasteiger charge is -2.32. The highest BCUT2D eigenvalue weighted by Crippen LogP contribution is 2.31. The van der Waals surface area contributed by atoms with E-state index >= 15 is 0 Å². The van der Waals surface area contributed by atoms with E-state index in [1.807, 2.05) is 18.3 Å². The highest BCUT2D eigenvalue weighted by Gasteiger charge is 2.44. The topological polar surface area (TPSA) is 109 Å². The summed E-state index contributed by atoms with van der Waals surface area (Å²) in [4.78, 5) is 24.7. The molecule has 1 aromatic rings. The highest BCUT2D eigenvalue weighted by molar-refractivity contribution is 5.73. The number of nitrogens with zero attached hydrogens (tertiary/aromatic N) is 2. The minimum absolute atomic E-state index is 0.221. The number of ether oxygens (including phenoxy) is 2. The van der Waals surface area contributed by atoms with Crippen molar-refractivity contribution in [1.82, 2.24) is 9.88 Å². The fraction of sp³-hybridized carbons (Fsp3) is 0.632. The van der Waals surface area contributed by atoms with E-state index in [1.54, 1.807) is 0 Å². The summed E-state index contributed by atoms with van der Waals surface area (Å²) in [6, 6.07) is 6.59. The summed E-state index contributed by atoms with van der Waals surface area (Å²) in [6.07, 6.45) is -5.48. The molecule has 2 fully saturated rings. The van der Waals surface area contributed by atoms with E-state index in [4.69, 9.17) is 29.3 Å². The smallest absolute Gasteiger partial charge is 0.475 e. The van der Waals surface area contributed by atoms with Crippen molar-refractivity contribution in [3.05, 3.63) is 30.1 Å². The van der Waals surface area contributed by atoms with Gasteiger partial charge in [0.15, 0.2) is 0 Å². The average Bonchev–Trinajstić information content (AvgIpc) is 3.06. The van der Waals surface area contributed by atoms with Gasteiger partial charge < -0.3 is 19.7 Å². The number of aliphatic carboxylic acids is 2. The third-order valence-electron chi connectivity index (χ3n) is 4.54. The van der Waals surface area contributed by atoms with Gasteiger partial charge in [-0.2, -0.15) is 26.3 Å². The Labute approximate surface area is 185 Å². The van der Waals surface area contributed by atoms with Gasteiger partial charge in [-0.05, 0) is 31.9 Å². The molecule has 14 heteroatoms. The Hall–Kier alpha value is -2.45. The summed E-state index contributed by atoms with van der Waals surface area (Å²) in [7, 11) is 0. The summed E-state index contributed by atoms with van der Waals surface area (Å²) < 4.78 is 75.3. The molecule has 0 unspecified atom stereocenters. The maximum absolute atomic E-state index is 10.6. The molecule has 33 heavy (non-hydrogen) atoms. The molecule has 188 valence electrons. The minimum Gasteiger partial charge on any atom is -0.475 e. The molecule has 2 aliphatic rings. The van der Waals surface area contributed by atoms with Crippen LogP contribution in [-0.2, 0) is 25.6 Å². The van der Waals surface area contributed by atoms with Gasteiger partial charge in [0.1, 0.15) is 6.10 Å². The number of fused-ring (bicyclic) bond motifs is 1. The van der Waals surface area contributed by atoms with E-state index in [0.717, 1.165) is 38.4 Å². The van der Waals surface area contributed by atoms with E-state index in [2.05, 4.69) is 22.9 Å². The Bertz CT molecular complexity index is 723. The van der Waals surface area contributed by atoms with E-state index < -0.39 is 24.3 Å². The van der Waals surface area contributed by atoms with Crippen molar-refractivity contribution in [3.8, 4) is 0 Å². The van der Waals surface area contributed by atoms with Crippen molar-refractivity contribution in [1.29, 1.82) is 0 Å². The molecule has 0 aliphatic carbocycles. The van der Waals surface area contributed by atoms with Crippen molar-refractivity contribution in [3.63, 3.8) is 0 Å². The lowest BCUT2D eigenvalue weighted by molar-refractivity contribution is -0.193. The molecule has 2 N–H and O–H groups in total. The Kier molecular flexibility index (Phi) is 11.0. The van der Waals surface area contributed by atoms with Gasteiger partial charge in [0, 0.05) is 38.5 Å². The number of aromatic nitrogens is 1. The van der Waals surface area contributed by atoms with Gasteiger partial charge in [-0.25, -0.2) is 9.59 Å². The molecule has 2 aliphatic heterocycles. The summed E-state index contributed by atoms with van der Waals surface area (Å²) in [5, 5.41) is 14.2. The third-order valence-corrected chi connectivity index (χ3v) is 4.54. The largest absolute Gasteiger partial charge is 0.490 e. The van der Waals surface area contributed by atoms with Crippen LogP contribution >= 0.6 is 0 Å². The molecule has 2 saturated heterocycles. The molecule has 0 amide bonds. The second-order valence-corrected chi connectivity index (χ2v) is 6.90. The second-order valence-electron chi connectivity index (χ2n) is 6.90. The summed E-state index contributed by atoms with van der Waals surface area (Å²) >= 11 is 0. The van der Waals surface area contributed by atoms with E-state index in [0.29, 0.717) is 6.04 Å². The second kappa shape index (κ2) is 12.7. The molecular weight excluding hydrogens is 466 g/mol. The van der Waals surface area contributed by atoms with Crippen LogP contribution in [-0.4, -0.2) is 82.4 Å². The van der Waals surface area contributed by atoms with Crippen LogP contribution in [0, 0.1) is 0 Å². The monoisotopic (exact) mass is 490 g/mol. The van der Waals surface area contributed by atoms with Gasteiger partial charge in [0.25, 0.3) is 0 Å². The van der Waals surface area contributed by atoms with Crippen molar-refractivity contribution in [2.24, 2.45) is 0 Å². The van der Waals surface area contributed by atoms with Crippen LogP contribution in [0.4, 0.5) is 26.3 Å². The van der Waals surface area contributed by atoms with Gasteiger partial charge in [-0.3, -0.25) is 9.88 Å². The number of hydrogen-bond donors (Lipinski definition) is 2. The zero-order chi connectivity index (χ0) is 25.2. The molecular formula is C19H24F6N2O6. The first-order chi connectivity index (χ1) is 15.3. The quantitative estimate of drug-likeness (QED) is 0.620. The van der Waals surface area contributed by atoms with Crippen molar-refractivity contribution in [2.45, 2.75) is 56.9 Å².